The standard InChI is InChI=1S/C29H54O2/c1-2-3-4-5-6-7-8-9-10-11-12-13-14-17-20-23-26-29(31)27-24-21-18-15-16-19-22-25-28-30/h6-7,9-10,30H,2-5,8,11-28H2,1H3. The predicted molar refractivity (Wildman–Crippen MR) is 138 cm³/mol. The first-order chi connectivity index (χ1) is 15.3. The summed E-state index contributed by atoms with van der Waals surface area (Å²) in [6.45, 7) is 2.58. The summed E-state index contributed by atoms with van der Waals surface area (Å²) in [6, 6.07) is 0. The molecule has 2 nitrogen and oxygen atoms in total. The highest BCUT2D eigenvalue weighted by Crippen LogP contribution is 2.13. The fourth-order valence-corrected chi connectivity index (χ4v) is 3.93. The third-order valence-electron chi connectivity index (χ3n) is 6.02. The molecule has 0 aliphatic carbocycles. The zero-order valence-electron chi connectivity index (χ0n) is 20.9. The lowest BCUT2D eigenvalue weighted by Crippen LogP contribution is -1.97. The topological polar surface area (TPSA) is 37.3 Å². The Hall–Kier alpha value is -0.890. The Morgan fingerprint density at radius 3 is 1.45 bits per heavy atom. The minimum atomic E-state index is 0.331. The summed E-state index contributed by atoms with van der Waals surface area (Å²) in [4.78, 5) is 12.0. The van der Waals surface area contributed by atoms with Crippen LogP contribution in [-0.4, -0.2) is 17.5 Å². The van der Waals surface area contributed by atoms with Crippen molar-refractivity contribution in [1.82, 2.24) is 0 Å². The van der Waals surface area contributed by atoms with E-state index in [1.807, 2.05) is 0 Å². The van der Waals surface area contributed by atoms with Gasteiger partial charge in [0, 0.05) is 19.4 Å². The second kappa shape index (κ2) is 27.1. The molecule has 0 radical (unpaired) electrons. The third-order valence-corrected chi connectivity index (χ3v) is 6.02. The summed E-state index contributed by atoms with van der Waals surface area (Å²) in [5.74, 6) is 0.479. The van der Waals surface area contributed by atoms with Crippen molar-refractivity contribution in [2.24, 2.45) is 0 Å². The molecule has 0 spiro atoms. The van der Waals surface area contributed by atoms with Gasteiger partial charge in [-0.3, -0.25) is 4.79 Å². The molecular weight excluding hydrogens is 380 g/mol. The van der Waals surface area contributed by atoms with Crippen LogP contribution in [0.3, 0.4) is 0 Å². The van der Waals surface area contributed by atoms with Crippen molar-refractivity contribution in [3.8, 4) is 0 Å². The minimum Gasteiger partial charge on any atom is -0.396 e. The highest BCUT2D eigenvalue weighted by molar-refractivity contribution is 5.78. The first kappa shape index (κ1) is 30.1. The molecule has 31 heavy (non-hydrogen) atoms. The van der Waals surface area contributed by atoms with Crippen LogP contribution in [0.5, 0.6) is 0 Å². The van der Waals surface area contributed by atoms with Crippen LogP contribution in [0.2, 0.25) is 0 Å². The number of allylic oxidation sites excluding steroid dienone is 4. The Balaban J connectivity index is 3.24. The molecule has 182 valence electrons. The summed E-state index contributed by atoms with van der Waals surface area (Å²) in [6.07, 6.45) is 35.4. The first-order valence-corrected chi connectivity index (χ1v) is 13.7. The molecule has 0 saturated carbocycles. The van der Waals surface area contributed by atoms with E-state index in [4.69, 9.17) is 5.11 Å². The van der Waals surface area contributed by atoms with Gasteiger partial charge in [-0.05, 0) is 51.4 Å². The lowest BCUT2D eigenvalue weighted by molar-refractivity contribution is -0.119. The highest BCUT2D eigenvalue weighted by atomic mass is 16.2. The Kier molecular flexibility index (Phi) is 26.4. The van der Waals surface area contributed by atoms with E-state index in [0.717, 1.165) is 44.9 Å². The SMILES string of the molecule is CCCCCC=CCC=CCCCCCCCCC(=O)CCCCCCCCCCO. The molecule has 0 fully saturated rings. The summed E-state index contributed by atoms with van der Waals surface area (Å²) < 4.78 is 0. The average molecular weight is 435 g/mol. The number of hydrogen-bond acceptors (Lipinski definition) is 2. The van der Waals surface area contributed by atoms with Crippen LogP contribution in [0.1, 0.15) is 148 Å². The van der Waals surface area contributed by atoms with Gasteiger partial charge < -0.3 is 5.11 Å². The van der Waals surface area contributed by atoms with Crippen molar-refractivity contribution >= 4 is 5.78 Å². The van der Waals surface area contributed by atoms with E-state index < -0.39 is 0 Å². The van der Waals surface area contributed by atoms with Crippen LogP contribution in [0.4, 0.5) is 0 Å². The van der Waals surface area contributed by atoms with E-state index in [9.17, 15) is 4.79 Å². The molecule has 0 aromatic rings. The Bertz CT molecular complexity index is 411. The van der Waals surface area contributed by atoms with Gasteiger partial charge in [-0.2, -0.15) is 0 Å². The van der Waals surface area contributed by atoms with Crippen LogP contribution in [0, 0.1) is 0 Å². The van der Waals surface area contributed by atoms with Gasteiger partial charge in [-0.15, -0.1) is 0 Å². The van der Waals surface area contributed by atoms with E-state index in [2.05, 4.69) is 31.2 Å². The van der Waals surface area contributed by atoms with Gasteiger partial charge >= 0.3 is 0 Å². The number of ketones is 1. The fraction of sp³-hybridized carbons (Fsp3) is 0.828. The number of Topliss-reactive ketones (excluding diaryl/α,β-unsaturated/α-hetero) is 1. The average Bonchev–Trinajstić information content (AvgIpc) is 2.77. The van der Waals surface area contributed by atoms with Crippen LogP contribution < -0.4 is 0 Å². The summed E-state index contributed by atoms with van der Waals surface area (Å²) in [5.41, 5.74) is 0. The maximum atomic E-state index is 12.0. The summed E-state index contributed by atoms with van der Waals surface area (Å²) >= 11 is 0. The molecule has 0 saturated heterocycles. The van der Waals surface area contributed by atoms with Crippen molar-refractivity contribution in [2.75, 3.05) is 6.61 Å². The minimum absolute atomic E-state index is 0.331. The van der Waals surface area contributed by atoms with Crippen LogP contribution >= 0.6 is 0 Å². The summed E-state index contributed by atoms with van der Waals surface area (Å²) in [5, 5.41) is 8.74. The van der Waals surface area contributed by atoms with Gasteiger partial charge in [-0.25, -0.2) is 0 Å². The predicted octanol–water partition coefficient (Wildman–Crippen LogP) is 9.26. The number of aliphatic hydroxyl groups excluding tert-OH is 1. The summed E-state index contributed by atoms with van der Waals surface area (Å²) in [7, 11) is 0. The molecule has 0 atom stereocenters. The molecule has 0 bridgehead atoms. The zero-order chi connectivity index (χ0) is 22.7. The number of hydrogen-bond donors (Lipinski definition) is 1. The van der Waals surface area contributed by atoms with E-state index >= 15 is 0 Å². The van der Waals surface area contributed by atoms with Gasteiger partial charge in [0.05, 0.1) is 0 Å². The Morgan fingerprint density at radius 2 is 0.968 bits per heavy atom. The van der Waals surface area contributed by atoms with E-state index in [-0.39, 0.29) is 0 Å². The quantitative estimate of drug-likeness (QED) is 0.115. The van der Waals surface area contributed by atoms with E-state index in [1.54, 1.807) is 0 Å². The first-order valence-electron chi connectivity index (χ1n) is 13.7. The van der Waals surface area contributed by atoms with Crippen LogP contribution in [0.15, 0.2) is 24.3 Å². The second-order valence-electron chi connectivity index (χ2n) is 9.17. The molecule has 2 heteroatoms. The van der Waals surface area contributed by atoms with Crippen molar-refractivity contribution < 1.29 is 9.90 Å². The normalized spacial score (nSPS) is 11.8. The second-order valence-corrected chi connectivity index (χ2v) is 9.17. The highest BCUT2D eigenvalue weighted by Gasteiger charge is 2.02. The van der Waals surface area contributed by atoms with Crippen molar-refractivity contribution in [3.05, 3.63) is 24.3 Å². The van der Waals surface area contributed by atoms with Gasteiger partial charge in [0.2, 0.25) is 0 Å². The third kappa shape index (κ3) is 27.1. The molecule has 0 aliphatic heterocycles. The van der Waals surface area contributed by atoms with E-state index in [0.29, 0.717) is 12.4 Å². The van der Waals surface area contributed by atoms with Gasteiger partial charge in [0.1, 0.15) is 5.78 Å². The molecule has 0 rings (SSSR count). The molecule has 0 heterocycles. The van der Waals surface area contributed by atoms with Crippen molar-refractivity contribution in [2.45, 2.75) is 148 Å². The fourth-order valence-electron chi connectivity index (χ4n) is 3.93. The number of rotatable bonds is 25. The lowest BCUT2D eigenvalue weighted by Gasteiger charge is -2.03. The van der Waals surface area contributed by atoms with Crippen molar-refractivity contribution in [1.29, 1.82) is 0 Å². The van der Waals surface area contributed by atoms with E-state index in [1.165, 1.54) is 96.3 Å². The van der Waals surface area contributed by atoms with Crippen LogP contribution in [-0.2, 0) is 4.79 Å². The zero-order valence-corrected chi connectivity index (χ0v) is 20.9. The number of aliphatic hydroxyl groups is 1. The molecule has 0 aliphatic rings. The molecule has 0 amide bonds. The smallest absolute Gasteiger partial charge is 0.132 e. The maximum Gasteiger partial charge on any atom is 0.132 e. The molecule has 0 unspecified atom stereocenters. The number of unbranched alkanes of at least 4 members (excludes halogenated alkanes) is 16. The Morgan fingerprint density at radius 1 is 0.548 bits per heavy atom. The number of carbonyl (C=O) groups excluding carboxylic acids is 1. The largest absolute Gasteiger partial charge is 0.396 e. The monoisotopic (exact) mass is 434 g/mol. The van der Waals surface area contributed by atoms with Crippen molar-refractivity contribution in [3.63, 3.8) is 0 Å². The van der Waals surface area contributed by atoms with Gasteiger partial charge in [0.25, 0.3) is 0 Å². The molecular formula is C29H54O2. The molecule has 1 N–H and O–H groups in total. The Labute approximate surface area is 195 Å². The lowest BCUT2D eigenvalue weighted by atomic mass is 10.0. The van der Waals surface area contributed by atoms with Gasteiger partial charge in [-0.1, -0.05) is 108 Å². The maximum absolute atomic E-state index is 12.0. The van der Waals surface area contributed by atoms with Crippen LogP contribution in [0.25, 0.3) is 0 Å². The molecule has 0 aromatic carbocycles. The number of carbonyl (C=O) groups is 1. The molecule has 0 aromatic heterocycles. The van der Waals surface area contributed by atoms with Gasteiger partial charge in [0.15, 0.2) is 0 Å².